The van der Waals surface area contributed by atoms with Crippen LogP contribution in [0.3, 0.4) is 0 Å². The third-order valence-electron chi connectivity index (χ3n) is 2.31. The van der Waals surface area contributed by atoms with Gasteiger partial charge in [-0.1, -0.05) is 0 Å². The molecule has 0 spiro atoms. The number of carbonyl (C=O) groups is 2. The van der Waals surface area contributed by atoms with Crippen molar-refractivity contribution in [3.8, 4) is 0 Å². The van der Waals surface area contributed by atoms with Gasteiger partial charge in [0.1, 0.15) is 11.5 Å². The monoisotopic (exact) mass is 301 g/mol. The summed E-state index contributed by atoms with van der Waals surface area (Å²) >= 11 is 2.93. The molecule has 0 aromatic heterocycles. The fourth-order valence-corrected chi connectivity index (χ4v) is 2.13. The molecule has 17 heavy (non-hydrogen) atoms. The maximum Gasteiger partial charge on any atom is 0.261 e. The zero-order valence-electron chi connectivity index (χ0n) is 8.63. The summed E-state index contributed by atoms with van der Waals surface area (Å²) < 4.78 is 26.5. The Morgan fingerprint density at radius 3 is 2.35 bits per heavy atom. The zero-order chi connectivity index (χ0) is 12.7. The molecule has 1 aliphatic heterocycles. The highest BCUT2D eigenvalue weighted by atomic mass is 79.9. The molecule has 1 aliphatic rings. The molecule has 2 amide bonds. The number of hydrogen-bond donors (Lipinski definition) is 0. The van der Waals surface area contributed by atoms with Gasteiger partial charge in [0.25, 0.3) is 11.8 Å². The van der Waals surface area contributed by atoms with Gasteiger partial charge in [0.2, 0.25) is 0 Å². The first-order valence-corrected chi connectivity index (χ1v) is 5.42. The topological polar surface area (TPSA) is 37.4 Å². The number of amides is 2. The molecule has 88 valence electrons. The first-order chi connectivity index (χ1) is 7.91. The van der Waals surface area contributed by atoms with Gasteiger partial charge < -0.3 is 0 Å². The number of benzene rings is 1. The quantitative estimate of drug-likeness (QED) is 0.748. The van der Waals surface area contributed by atoms with E-state index in [-0.39, 0.29) is 15.7 Å². The molecule has 0 radical (unpaired) electrons. The molecule has 3 nitrogen and oxygen atoms in total. The molecule has 0 N–H and O–H groups in total. The summed E-state index contributed by atoms with van der Waals surface area (Å²) in [7, 11) is 0. The van der Waals surface area contributed by atoms with E-state index in [0.717, 1.165) is 12.1 Å². The van der Waals surface area contributed by atoms with E-state index in [1.165, 1.54) is 6.92 Å². The Labute approximate surface area is 104 Å². The molecule has 1 heterocycles. The van der Waals surface area contributed by atoms with E-state index in [1.54, 1.807) is 0 Å². The maximum absolute atomic E-state index is 13.6. The van der Waals surface area contributed by atoms with Crippen LogP contribution in [-0.2, 0) is 9.59 Å². The van der Waals surface area contributed by atoms with E-state index in [0.29, 0.717) is 11.0 Å². The van der Waals surface area contributed by atoms with Gasteiger partial charge in [0.05, 0.1) is 0 Å². The van der Waals surface area contributed by atoms with Gasteiger partial charge in [-0.05, 0) is 28.9 Å². The third-order valence-corrected chi connectivity index (χ3v) is 2.91. The fourth-order valence-electron chi connectivity index (χ4n) is 1.55. The number of nitrogens with zero attached hydrogens (tertiary/aromatic N) is 1. The first-order valence-electron chi connectivity index (χ1n) is 4.63. The fraction of sp³-hybridized carbons (Fsp3) is 0.0909. The first kappa shape index (κ1) is 11.9. The summed E-state index contributed by atoms with van der Waals surface area (Å²) in [6.07, 6.45) is 1.11. The average Bonchev–Trinajstić information content (AvgIpc) is 2.43. The highest BCUT2D eigenvalue weighted by molar-refractivity contribution is 9.10. The van der Waals surface area contributed by atoms with Crippen molar-refractivity contribution in [2.45, 2.75) is 6.92 Å². The molecule has 1 aromatic rings. The van der Waals surface area contributed by atoms with Crippen molar-refractivity contribution in [2.24, 2.45) is 0 Å². The summed E-state index contributed by atoms with van der Waals surface area (Å²) in [6.45, 7) is 1.45. The summed E-state index contributed by atoms with van der Waals surface area (Å²) in [4.78, 5) is 23.9. The average molecular weight is 302 g/mol. The molecule has 0 unspecified atom stereocenters. The minimum atomic E-state index is -0.971. The van der Waals surface area contributed by atoms with E-state index in [2.05, 4.69) is 15.9 Å². The van der Waals surface area contributed by atoms with Crippen LogP contribution in [0.1, 0.15) is 6.92 Å². The summed E-state index contributed by atoms with van der Waals surface area (Å²) in [6, 6.07) is 1.61. The number of carbonyl (C=O) groups excluding carboxylic acids is 2. The molecule has 1 aromatic carbocycles. The summed E-state index contributed by atoms with van der Waals surface area (Å²) in [5.41, 5.74) is -0.0554. The van der Waals surface area contributed by atoms with Gasteiger partial charge in [-0.2, -0.15) is 0 Å². The van der Waals surface area contributed by atoms with Gasteiger partial charge in [-0.15, -0.1) is 0 Å². The number of anilines is 1. The van der Waals surface area contributed by atoms with Crippen LogP contribution in [0.4, 0.5) is 14.5 Å². The number of rotatable bonds is 1. The minimum absolute atomic E-state index is 0.0137. The molecular formula is C11H6BrF2NO2. The molecule has 0 atom stereocenters. The Morgan fingerprint density at radius 1 is 1.24 bits per heavy atom. The Kier molecular flexibility index (Phi) is 2.82. The molecule has 6 heteroatoms. The van der Waals surface area contributed by atoms with E-state index in [1.807, 2.05) is 0 Å². The van der Waals surface area contributed by atoms with Crippen molar-refractivity contribution in [1.82, 2.24) is 0 Å². The van der Waals surface area contributed by atoms with Crippen molar-refractivity contribution in [3.05, 3.63) is 39.9 Å². The number of halogens is 3. The molecule has 0 fully saturated rings. The standard InChI is InChI=1S/C11H6BrF2NO2/c1-5-2-9(16)15(11(5)17)10-7(12)3-6(13)4-8(10)14/h2-4H,1H3. The highest BCUT2D eigenvalue weighted by Gasteiger charge is 2.33. The second-order valence-corrected chi connectivity index (χ2v) is 4.38. The van der Waals surface area contributed by atoms with Gasteiger partial charge in [-0.25, -0.2) is 13.7 Å². The van der Waals surface area contributed by atoms with E-state index >= 15 is 0 Å². The van der Waals surface area contributed by atoms with Crippen molar-refractivity contribution < 1.29 is 18.4 Å². The van der Waals surface area contributed by atoms with E-state index < -0.39 is 23.4 Å². The van der Waals surface area contributed by atoms with Crippen molar-refractivity contribution in [3.63, 3.8) is 0 Å². The highest BCUT2D eigenvalue weighted by Crippen LogP contribution is 2.33. The van der Waals surface area contributed by atoms with Crippen LogP contribution in [0.15, 0.2) is 28.3 Å². The maximum atomic E-state index is 13.6. The van der Waals surface area contributed by atoms with E-state index in [4.69, 9.17) is 0 Å². The second kappa shape index (κ2) is 4.03. The lowest BCUT2D eigenvalue weighted by molar-refractivity contribution is -0.120. The number of hydrogen-bond acceptors (Lipinski definition) is 2. The van der Waals surface area contributed by atoms with Gasteiger partial charge >= 0.3 is 0 Å². The van der Waals surface area contributed by atoms with Crippen LogP contribution in [0.2, 0.25) is 0 Å². The smallest absolute Gasteiger partial charge is 0.261 e. The largest absolute Gasteiger partial charge is 0.269 e. The molecule has 0 saturated heterocycles. The molecule has 2 rings (SSSR count). The normalized spacial score (nSPS) is 15.5. The lowest BCUT2D eigenvalue weighted by Crippen LogP contribution is -2.31. The van der Waals surface area contributed by atoms with Crippen LogP contribution in [-0.4, -0.2) is 11.8 Å². The molecule has 0 aliphatic carbocycles. The van der Waals surface area contributed by atoms with Gasteiger partial charge in [0.15, 0.2) is 5.82 Å². The van der Waals surface area contributed by atoms with Crippen LogP contribution in [0, 0.1) is 11.6 Å². The minimum Gasteiger partial charge on any atom is -0.269 e. The lowest BCUT2D eigenvalue weighted by atomic mass is 10.2. The predicted octanol–water partition coefficient (Wildman–Crippen LogP) is 2.55. The molecule has 0 bridgehead atoms. The Balaban J connectivity index is 2.57. The van der Waals surface area contributed by atoms with Crippen LogP contribution < -0.4 is 4.90 Å². The van der Waals surface area contributed by atoms with Crippen LogP contribution in [0.5, 0.6) is 0 Å². The number of imide groups is 1. The Hall–Kier alpha value is -1.56. The Morgan fingerprint density at radius 2 is 1.88 bits per heavy atom. The van der Waals surface area contributed by atoms with Crippen molar-refractivity contribution >= 4 is 33.4 Å². The molecule has 0 saturated carbocycles. The Bertz CT molecular complexity index is 546. The zero-order valence-corrected chi connectivity index (χ0v) is 10.2. The summed E-state index contributed by atoms with van der Waals surface area (Å²) in [5, 5.41) is 0. The van der Waals surface area contributed by atoms with Crippen molar-refractivity contribution in [1.29, 1.82) is 0 Å². The van der Waals surface area contributed by atoms with Gasteiger partial charge in [-0.3, -0.25) is 9.59 Å². The third kappa shape index (κ3) is 1.88. The van der Waals surface area contributed by atoms with E-state index in [9.17, 15) is 18.4 Å². The van der Waals surface area contributed by atoms with Crippen molar-refractivity contribution in [2.75, 3.05) is 4.90 Å². The second-order valence-electron chi connectivity index (χ2n) is 3.52. The lowest BCUT2D eigenvalue weighted by Gasteiger charge is -2.17. The van der Waals surface area contributed by atoms with Crippen LogP contribution >= 0.6 is 15.9 Å². The van der Waals surface area contributed by atoms with Gasteiger partial charge in [0, 0.05) is 22.2 Å². The predicted molar refractivity (Wildman–Crippen MR) is 60.3 cm³/mol. The summed E-state index contributed by atoms with van der Waals surface area (Å²) in [5.74, 6) is -3.01. The van der Waals surface area contributed by atoms with Crippen LogP contribution in [0.25, 0.3) is 0 Å². The SMILES string of the molecule is CC1=CC(=O)N(c2c(F)cc(F)cc2Br)C1=O. The molecular weight excluding hydrogens is 296 g/mol.